The van der Waals surface area contributed by atoms with Crippen molar-refractivity contribution >= 4 is 23.2 Å². The molecule has 1 fully saturated rings. The van der Waals surface area contributed by atoms with Crippen molar-refractivity contribution in [2.24, 2.45) is 5.92 Å². The molecule has 2 rings (SSSR count). The van der Waals surface area contributed by atoms with Crippen LogP contribution >= 0.6 is 0 Å². The number of nitrogens with one attached hydrogen (secondary N) is 2. The molecule has 0 aromatic heterocycles. The molecule has 132 valence electrons. The van der Waals surface area contributed by atoms with Gasteiger partial charge in [0.15, 0.2) is 0 Å². The van der Waals surface area contributed by atoms with E-state index in [0.717, 1.165) is 24.8 Å². The average molecular weight is 332 g/mol. The summed E-state index contributed by atoms with van der Waals surface area (Å²) in [5.74, 6) is 0.294. The van der Waals surface area contributed by atoms with Crippen molar-refractivity contribution in [1.29, 1.82) is 0 Å². The SMILES string of the molecule is CC(=O)Nc1ccc(C)cc1NC(=O)[C@H](C)O[C@H]1CCC[C@H](C)C1. The minimum atomic E-state index is -0.522. The number of hydrogen-bond acceptors (Lipinski definition) is 3. The van der Waals surface area contributed by atoms with Crippen LogP contribution in [0.15, 0.2) is 18.2 Å². The Morgan fingerprint density at radius 3 is 2.62 bits per heavy atom. The van der Waals surface area contributed by atoms with Crippen LogP contribution in [0.1, 0.15) is 52.0 Å². The molecule has 0 spiro atoms. The third kappa shape index (κ3) is 5.34. The first-order valence-electron chi connectivity index (χ1n) is 8.69. The molecular formula is C19H28N2O3. The molecule has 0 bridgehead atoms. The van der Waals surface area contributed by atoms with Crippen molar-refractivity contribution in [2.45, 2.75) is 65.6 Å². The van der Waals surface area contributed by atoms with Crippen LogP contribution in [0.2, 0.25) is 0 Å². The van der Waals surface area contributed by atoms with Gasteiger partial charge in [-0.05, 0) is 50.3 Å². The number of rotatable bonds is 5. The van der Waals surface area contributed by atoms with E-state index in [1.807, 2.05) is 19.1 Å². The normalized spacial score (nSPS) is 21.8. The summed E-state index contributed by atoms with van der Waals surface area (Å²) in [6.07, 6.45) is 4.06. The highest BCUT2D eigenvalue weighted by Crippen LogP contribution is 2.27. The van der Waals surface area contributed by atoms with Gasteiger partial charge in [0.05, 0.1) is 17.5 Å². The van der Waals surface area contributed by atoms with Crippen LogP contribution in [0.3, 0.4) is 0 Å². The molecule has 0 heterocycles. The van der Waals surface area contributed by atoms with Crippen LogP contribution in [0.5, 0.6) is 0 Å². The second kappa shape index (κ2) is 8.29. The first kappa shape index (κ1) is 18.5. The molecule has 2 N–H and O–H groups in total. The van der Waals surface area contributed by atoms with Crippen molar-refractivity contribution in [3.63, 3.8) is 0 Å². The standard InChI is InChI=1S/C19H28N2O3/c1-12-6-5-7-16(10-12)24-14(3)19(23)21-18-11-13(2)8-9-17(18)20-15(4)22/h8-9,11-12,14,16H,5-7,10H2,1-4H3,(H,20,22)(H,21,23)/t12-,14-,16-/m0/s1. The monoisotopic (exact) mass is 332 g/mol. The molecular weight excluding hydrogens is 304 g/mol. The van der Waals surface area contributed by atoms with Gasteiger partial charge in [0.1, 0.15) is 6.10 Å². The minimum Gasteiger partial charge on any atom is -0.365 e. The van der Waals surface area contributed by atoms with E-state index in [2.05, 4.69) is 17.6 Å². The zero-order chi connectivity index (χ0) is 17.7. The minimum absolute atomic E-state index is 0.154. The quantitative estimate of drug-likeness (QED) is 0.860. The summed E-state index contributed by atoms with van der Waals surface area (Å²) in [6, 6.07) is 5.53. The molecule has 0 aliphatic heterocycles. The Balaban J connectivity index is 2.00. The summed E-state index contributed by atoms with van der Waals surface area (Å²) in [7, 11) is 0. The molecule has 3 atom stereocenters. The largest absolute Gasteiger partial charge is 0.365 e. The van der Waals surface area contributed by atoms with Crippen molar-refractivity contribution in [2.75, 3.05) is 10.6 Å². The number of hydrogen-bond donors (Lipinski definition) is 2. The fourth-order valence-electron chi connectivity index (χ4n) is 3.15. The molecule has 0 saturated heterocycles. The van der Waals surface area contributed by atoms with Crippen molar-refractivity contribution in [1.82, 2.24) is 0 Å². The van der Waals surface area contributed by atoms with E-state index in [1.54, 1.807) is 13.0 Å². The molecule has 1 aromatic carbocycles. The maximum absolute atomic E-state index is 12.5. The number of benzene rings is 1. The van der Waals surface area contributed by atoms with Gasteiger partial charge in [-0.25, -0.2) is 0 Å². The summed E-state index contributed by atoms with van der Waals surface area (Å²) in [6.45, 7) is 7.40. The zero-order valence-electron chi connectivity index (χ0n) is 15.0. The number of anilines is 2. The molecule has 2 amide bonds. The number of ether oxygens (including phenoxy) is 1. The lowest BCUT2D eigenvalue weighted by Gasteiger charge is -2.29. The van der Waals surface area contributed by atoms with E-state index in [4.69, 9.17) is 4.74 Å². The molecule has 1 aliphatic rings. The summed E-state index contributed by atoms with van der Waals surface area (Å²) in [4.78, 5) is 23.8. The van der Waals surface area contributed by atoms with Crippen LogP contribution in [0, 0.1) is 12.8 Å². The lowest BCUT2D eigenvalue weighted by molar-refractivity contribution is -0.131. The van der Waals surface area contributed by atoms with Gasteiger partial charge in [-0.2, -0.15) is 0 Å². The Labute approximate surface area is 144 Å². The van der Waals surface area contributed by atoms with Crippen molar-refractivity contribution in [3.8, 4) is 0 Å². The first-order valence-corrected chi connectivity index (χ1v) is 8.69. The van der Waals surface area contributed by atoms with Gasteiger partial charge in [0.25, 0.3) is 5.91 Å². The van der Waals surface area contributed by atoms with Gasteiger partial charge in [0.2, 0.25) is 5.91 Å². The molecule has 5 nitrogen and oxygen atoms in total. The molecule has 24 heavy (non-hydrogen) atoms. The number of carbonyl (C=O) groups is 2. The van der Waals surface area contributed by atoms with E-state index in [9.17, 15) is 9.59 Å². The van der Waals surface area contributed by atoms with Gasteiger partial charge in [-0.15, -0.1) is 0 Å². The molecule has 1 saturated carbocycles. The molecule has 0 unspecified atom stereocenters. The van der Waals surface area contributed by atoms with E-state index in [1.165, 1.54) is 13.3 Å². The summed E-state index contributed by atoms with van der Waals surface area (Å²) in [5, 5.41) is 5.62. The van der Waals surface area contributed by atoms with Gasteiger partial charge < -0.3 is 15.4 Å². The fraction of sp³-hybridized carbons (Fsp3) is 0.579. The Hall–Kier alpha value is -1.88. The Morgan fingerprint density at radius 1 is 1.21 bits per heavy atom. The number of carbonyl (C=O) groups excluding carboxylic acids is 2. The van der Waals surface area contributed by atoms with E-state index in [0.29, 0.717) is 17.3 Å². The Kier molecular flexibility index (Phi) is 6.37. The van der Waals surface area contributed by atoms with Crippen LogP contribution < -0.4 is 10.6 Å². The fourth-order valence-corrected chi connectivity index (χ4v) is 3.15. The summed E-state index contributed by atoms with van der Waals surface area (Å²) < 4.78 is 5.95. The maximum atomic E-state index is 12.5. The first-order chi connectivity index (χ1) is 11.3. The predicted octanol–water partition coefficient (Wildman–Crippen LogP) is 3.88. The Morgan fingerprint density at radius 2 is 1.96 bits per heavy atom. The lowest BCUT2D eigenvalue weighted by Crippen LogP contribution is -2.33. The van der Waals surface area contributed by atoms with Gasteiger partial charge >= 0.3 is 0 Å². The molecule has 1 aliphatic carbocycles. The van der Waals surface area contributed by atoms with E-state index >= 15 is 0 Å². The average Bonchev–Trinajstić information content (AvgIpc) is 2.49. The summed E-state index contributed by atoms with van der Waals surface area (Å²) in [5.41, 5.74) is 2.21. The van der Waals surface area contributed by atoms with Crippen LogP contribution in [0.25, 0.3) is 0 Å². The predicted molar refractivity (Wildman–Crippen MR) is 96.1 cm³/mol. The van der Waals surface area contributed by atoms with Crippen LogP contribution in [-0.2, 0) is 14.3 Å². The van der Waals surface area contributed by atoms with Crippen molar-refractivity contribution < 1.29 is 14.3 Å². The van der Waals surface area contributed by atoms with E-state index in [-0.39, 0.29) is 17.9 Å². The third-order valence-electron chi connectivity index (χ3n) is 4.40. The number of aryl methyl sites for hydroxylation is 1. The number of amides is 2. The van der Waals surface area contributed by atoms with Crippen LogP contribution in [-0.4, -0.2) is 24.0 Å². The molecule has 1 aromatic rings. The maximum Gasteiger partial charge on any atom is 0.253 e. The summed E-state index contributed by atoms with van der Waals surface area (Å²) >= 11 is 0. The zero-order valence-corrected chi connectivity index (χ0v) is 15.0. The van der Waals surface area contributed by atoms with Gasteiger partial charge in [0, 0.05) is 6.92 Å². The Bertz CT molecular complexity index is 600. The second-order valence-corrected chi connectivity index (χ2v) is 6.89. The molecule has 0 radical (unpaired) electrons. The highest BCUT2D eigenvalue weighted by atomic mass is 16.5. The lowest BCUT2D eigenvalue weighted by atomic mass is 9.88. The topological polar surface area (TPSA) is 67.4 Å². The smallest absolute Gasteiger partial charge is 0.253 e. The highest BCUT2D eigenvalue weighted by molar-refractivity contribution is 6.00. The highest BCUT2D eigenvalue weighted by Gasteiger charge is 2.24. The second-order valence-electron chi connectivity index (χ2n) is 6.89. The molecule has 5 heteroatoms. The van der Waals surface area contributed by atoms with Gasteiger partial charge in [-0.3, -0.25) is 9.59 Å². The van der Waals surface area contributed by atoms with Crippen molar-refractivity contribution in [3.05, 3.63) is 23.8 Å². The van der Waals surface area contributed by atoms with Crippen LogP contribution in [0.4, 0.5) is 11.4 Å². The van der Waals surface area contributed by atoms with E-state index < -0.39 is 6.10 Å². The van der Waals surface area contributed by atoms with Gasteiger partial charge in [-0.1, -0.05) is 25.8 Å². The third-order valence-corrected chi connectivity index (χ3v) is 4.40.